The predicted molar refractivity (Wildman–Crippen MR) is 88.3 cm³/mol. The Hall–Kier alpha value is -2.47. The van der Waals surface area contributed by atoms with Crippen molar-refractivity contribution in [3.05, 3.63) is 64.7 Å². The van der Waals surface area contributed by atoms with E-state index in [2.05, 4.69) is 10.5 Å². The van der Waals surface area contributed by atoms with Gasteiger partial charge in [0.05, 0.1) is 10.7 Å². The van der Waals surface area contributed by atoms with Crippen LogP contribution in [-0.4, -0.2) is 17.7 Å². The molecule has 1 atom stereocenters. The minimum Gasteiger partial charge on any atom is -0.481 e. The Bertz CT molecular complexity index is 764. The molecule has 1 N–H and O–H groups in total. The fraction of sp³-hybridized carbons (Fsp3) is 0.176. The first-order valence-corrected chi connectivity index (χ1v) is 7.46. The van der Waals surface area contributed by atoms with E-state index in [1.807, 2.05) is 0 Å². The summed E-state index contributed by atoms with van der Waals surface area (Å²) in [7, 11) is 0. The van der Waals surface area contributed by atoms with Crippen LogP contribution in [0.3, 0.4) is 0 Å². The normalized spacial score (nSPS) is 12.6. The van der Waals surface area contributed by atoms with Gasteiger partial charge in [0.1, 0.15) is 17.4 Å². The summed E-state index contributed by atoms with van der Waals surface area (Å²) in [6.07, 6.45) is -0.837. The van der Waals surface area contributed by atoms with Crippen LogP contribution in [0, 0.1) is 11.6 Å². The van der Waals surface area contributed by atoms with E-state index in [4.69, 9.17) is 16.3 Å². The summed E-state index contributed by atoms with van der Waals surface area (Å²) in [4.78, 5) is 12.0. The van der Waals surface area contributed by atoms with E-state index >= 15 is 0 Å². The predicted octanol–water partition coefficient (Wildman–Crippen LogP) is 3.93. The van der Waals surface area contributed by atoms with E-state index in [9.17, 15) is 13.6 Å². The van der Waals surface area contributed by atoms with Crippen molar-refractivity contribution in [2.75, 3.05) is 0 Å². The van der Waals surface area contributed by atoms with Gasteiger partial charge in [-0.1, -0.05) is 11.6 Å². The Kier molecular flexibility index (Phi) is 5.87. The van der Waals surface area contributed by atoms with Gasteiger partial charge >= 0.3 is 0 Å². The summed E-state index contributed by atoms with van der Waals surface area (Å²) in [5.74, 6) is -0.976. The number of hydrogen-bond acceptors (Lipinski definition) is 3. The monoisotopic (exact) mass is 352 g/mol. The molecular weight excluding hydrogens is 338 g/mol. The van der Waals surface area contributed by atoms with Crippen LogP contribution < -0.4 is 10.2 Å². The number of hydrazone groups is 1. The highest BCUT2D eigenvalue weighted by Crippen LogP contribution is 2.18. The van der Waals surface area contributed by atoms with Crippen LogP contribution in [0.4, 0.5) is 8.78 Å². The van der Waals surface area contributed by atoms with Crippen LogP contribution in [-0.2, 0) is 4.79 Å². The fourth-order valence-corrected chi connectivity index (χ4v) is 2.15. The summed E-state index contributed by atoms with van der Waals surface area (Å²) in [5.41, 5.74) is 3.28. The molecule has 0 heterocycles. The molecule has 2 rings (SSSR count). The van der Waals surface area contributed by atoms with Gasteiger partial charge in [-0.15, -0.1) is 0 Å². The lowest BCUT2D eigenvalue weighted by molar-refractivity contribution is -0.127. The molecule has 0 bridgehead atoms. The van der Waals surface area contributed by atoms with Crippen LogP contribution in [0.15, 0.2) is 47.6 Å². The number of ether oxygens (including phenoxy) is 1. The molecule has 0 aliphatic heterocycles. The number of carbonyl (C=O) groups is 1. The maximum absolute atomic E-state index is 13.0. The number of carbonyl (C=O) groups excluding carboxylic acids is 1. The van der Waals surface area contributed by atoms with Crippen molar-refractivity contribution in [3.63, 3.8) is 0 Å². The van der Waals surface area contributed by atoms with E-state index in [1.54, 1.807) is 6.92 Å². The average Bonchev–Trinajstić information content (AvgIpc) is 2.54. The van der Waals surface area contributed by atoms with Crippen molar-refractivity contribution < 1.29 is 18.3 Å². The molecule has 7 heteroatoms. The third-order valence-corrected chi connectivity index (χ3v) is 3.46. The molecular formula is C17H15ClF2N2O2. The van der Waals surface area contributed by atoms with Gasteiger partial charge in [-0.3, -0.25) is 4.79 Å². The molecule has 0 unspecified atom stereocenters. The minimum atomic E-state index is -0.837. The Balaban J connectivity index is 1.99. The van der Waals surface area contributed by atoms with Crippen molar-refractivity contribution in [2.24, 2.45) is 5.10 Å². The third kappa shape index (κ3) is 4.76. The van der Waals surface area contributed by atoms with Crippen molar-refractivity contribution >= 4 is 23.2 Å². The molecule has 0 saturated heterocycles. The van der Waals surface area contributed by atoms with Gasteiger partial charge in [0.15, 0.2) is 6.10 Å². The van der Waals surface area contributed by atoms with Crippen molar-refractivity contribution in [2.45, 2.75) is 20.0 Å². The first-order chi connectivity index (χ1) is 11.4. The summed E-state index contributed by atoms with van der Waals surface area (Å²) in [6, 6.07) is 9.21. The molecule has 0 aliphatic carbocycles. The van der Waals surface area contributed by atoms with E-state index in [0.29, 0.717) is 17.0 Å². The van der Waals surface area contributed by atoms with Crippen LogP contribution in [0.2, 0.25) is 5.02 Å². The zero-order valence-corrected chi connectivity index (χ0v) is 13.8. The number of benzene rings is 2. The maximum atomic E-state index is 13.0. The van der Waals surface area contributed by atoms with E-state index in [0.717, 1.165) is 6.07 Å². The van der Waals surface area contributed by atoms with Crippen molar-refractivity contribution in [3.8, 4) is 5.75 Å². The highest BCUT2D eigenvalue weighted by Gasteiger charge is 2.14. The maximum Gasteiger partial charge on any atom is 0.280 e. The second kappa shape index (κ2) is 7.88. The van der Waals surface area contributed by atoms with Crippen LogP contribution in [0.5, 0.6) is 5.75 Å². The Morgan fingerprint density at radius 3 is 2.42 bits per heavy atom. The van der Waals surface area contributed by atoms with E-state index < -0.39 is 23.6 Å². The number of rotatable bonds is 5. The lowest BCUT2D eigenvalue weighted by Gasteiger charge is -2.13. The minimum absolute atomic E-state index is 0.195. The first-order valence-electron chi connectivity index (χ1n) is 7.08. The lowest BCUT2D eigenvalue weighted by atomic mass is 10.1. The number of nitrogens with zero attached hydrogens (tertiary/aromatic N) is 1. The largest absolute Gasteiger partial charge is 0.481 e. The topological polar surface area (TPSA) is 50.7 Å². The molecule has 0 spiro atoms. The molecule has 126 valence electrons. The zero-order valence-electron chi connectivity index (χ0n) is 13.0. The summed E-state index contributed by atoms with van der Waals surface area (Å²) >= 11 is 5.93. The molecule has 0 fully saturated rings. The summed E-state index contributed by atoms with van der Waals surface area (Å²) in [5, 5.41) is 4.13. The van der Waals surface area contributed by atoms with Gasteiger partial charge in [0.25, 0.3) is 5.91 Å². The smallest absolute Gasteiger partial charge is 0.280 e. The van der Waals surface area contributed by atoms with Gasteiger partial charge in [0, 0.05) is 5.56 Å². The molecule has 0 aliphatic rings. The molecule has 0 aromatic heterocycles. The molecule has 0 saturated carbocycles. The molecule has 24 heavy (non-hydrogen) atoms. The fourth-order valence-electron chi connectivity index (χ4n) is 1.84. The molecule has 2 aromatic rings. The number of nitrogens with one attached hydrogen (secondary N) is 1. The Morgan fingerprint density at radius 2 is 1.79 bits per heavy atom. The lowest BCUT2D eigenvalue weighted by Crippen LogP contribution is -2.33. The van der Waals surface area contributed by atoms with Crippen LogP contribution >= 0.6 is 11.6 Å². The highest BCUT2D eigenvalue weighted by molar-refractivity contribution is 6.34. The number of amides is 1. The van der Waals surface area contributed by atoms with Crippen LogP contribution in [0.1, 0.15) is 19.4 Å². The average molecular weight is 353 g/mol. The van der Waals surface area contributed by atoms with Gasteiger partial charge in [-0.05, 0) is 56.3 Å². The van der Waals surface area contributed by atoms with Crippen molar-refractivity contribution in [1.29, 1.82) is 0 Å². The summed E-state index contributed by atoms with van der Waals surface area (Å²) < 4.78 is 31.2. The van der Waals surface area contributed by atoms with Gasteiger partial charge in [0.2, 0.25) is 0 Å². The highest BCUT2D eigenvalue weighted by atomic mass is 35.5. The molecule has 0 radical (unpaired) electrons. The van der Waals surface area contributed by atoms with Crippen molar-refractivity contribution in [1.82, 2.24) is 5.43 Å². The second-order valence-corrected chi connectivity index (χ2v) is 5.42. The number of hydrogen-bond donors (Lipinski definition) is 1. The zero-order chi connectivity index (χ0) is 17.7. The second-order valence-electron chi connectivity index (χ2n) is 5.01. The first kappa shape index (κ1) is 17.9. The SMILES string of the molecule is C/C(=N/NC(=O)[C@H](C)Oc1ccc(F)cc1)c1ccc(F)cc1Cl. The third-order valence-electron chi connectivity index (χ3n) is 3.15. The molecule has 1 amide bonds. The van der Waals surface area contributed by atoms with E-state index in [1.165, 1.54) is 43.3 Å². The summed E-state index contributed by atoms with van der Waals surface area (Å²) in [6.45, 7) is 3.17. The van der Waals surface area contributed by atoms with E-state index in [-0.39, 0.29) is 5.02 Å². The van der Waals surface area contributed by atoms with Crippen LogP contribution in [0.25, 0.3) is 0 Å². The molecule has 4 nitrogen and oxygen atoms in total. The molecule has 2 aromatic carbocycles. The van der Waals surface area contributed by atoms with Gasteiger partial charge in [-0.2, -0.15) is 5.10 Å². The van der Waals surface area contributed by atoms with Gasteiger partial charge < -0.3 is 4.74 Å². The Morgan fingerprint density at radius 1 is 1.17 bits per heavy atom. The quantitative estimate of drug-likeness (QED) is 0.655. The standard InChI is InChI=1S/C17H15ClF2N2O2/c1-10(15-8-5-13(20)9-16(15)18)21-22-17(23)11(2)24-14-6-3-12(19)4-7-14/h3-9,11H,1-2H3,(H,22,23)/b21-10-/t11-/m0/s1. The number of halogens is 3. The van der Waals surface area contributed by atoms with Gasteiger partial charge in [-0.25, -0.2) is 14.2 Å². The Labute approximate surface area is 143 Å².